The van der Waals surface area contributed by atoms with Crippen LogP contribution in [0.15, 0.2) is 24.3 Å². The molecule has 1 atom stereocenters. The topological polar surface area (TPSA) is 110 Å². The highest BCUT2D eigenvalue weighted by Gasteiger charge is 2.10. The average molecular weight is 294 g/mol. The van der Waals surface area contributed by atoms with Gasteiger partial charge in [-0.15, -0.1) is 0 Å². The molecule has 0 radical (unpaired) electrons. The summed E-state index contributed by atoms with van der Waals surface area (Å²) in [5.74, 6) is -1.09. The molecule has 1 aromatic rings. The Hall–Kier alpha value is -2.44. The molecular formula is C14H18N2O5. The van der Waals surface area contributed by atoms with Crippen LogP contribution < -0.4 is 5.32 Å². The number of hydrogen-bond donors (Lipinski definition) is 2. The summed E-state index contributed by atoms with van der Waals surface area (Å²) in [5.41, 5.74) is 0.722. The Morgan fingerprint density at radius 3 is 2.71 bits per heavy atom. The Morgan fingerprint density at radius 2 is 2.10 bits per heavy atom. The molecule has 1 aromatic carbocycles. The lowest BCUT2D eigenvalue weighted by molar-refractivity contribution is -0.384. The first kappa shape index (κ1) is 16.6. The van der Waals surface area contributed by atoms with Crippen LogP contribution in [0.1, 0.15) is 31.7 Å². The number of nitro benzene ring substituents is 1. The van der Waals surface area contributed by atoms with Crippen molar-refractivity contribution in [3.05, 3.63) is 39.9 Å². The Bertz CT molecular complexity index is 530. The molecule has 0 heterocycles. The minimum atomic E-state index is -0.896. The molecule has 2 N–H and O–H groups in total. The van der Waals surface area contributed by atoms with Gasteiger partial charge in [0.1, 0.15) is 0 Å². The van der Waals surface area contributed by atoms with Gasteiger partial charge in [0.15, 0.2) is 0 Å². The van der Waals surface area contributed by atoms with Crippen molar-refractivity contribution in [2.24, 2.45) is 0 Å². The molecule has 1 unspecified atom stereocenters. The highest BCUT2D eigenvalue weighted by atomic mass is 16.6. The molecule has 114 valence electrons. The van der Waals surface area contributed by atoms with E-state index in [2.05, 4.69) is 5.32 Å². The summed E-state index contributed by atoms with van der Waals surface area (Å²) < 4.78 is 0. The Morgan fingerprint density at radius 1 is 1.38 bits per heavy atom. The summed E-state index contributed by atoms with van der Waals surface area (Å²) in [6.45, 7) is 1.74. The van der Waals surface area contributed by atoms with Crippen LogP contribution in [0.4, 0.5) is 5.69 Å². The van der Waals surface area contributed by atoms with Gasteiger partial charge >= 0.3 is 5.97 Å². The molecule has 0 spiro atoms. The molecule has 0 aliphatic rings. The van der Waals surface area contributed by atoms with E-state index in [0.717, 1.165) is 5.56 Å². The smallest absolute Gasteiger partial charge is 0.303 e. The number of benzene rings is 1. The zero-order chi connectivity index (χ0) is 15.8. The van der Waals surface area contributed by atoms with Crippen molar-refractivity contribution in [1.82, 2.24) is 5.32 Å². The first-order chi connectivity index (χ1) is 9.88. The van der Waals surface area contributed by atoms with Crippen molar-refractivity contribution in [2.45, 2.75) is 38.6 Å². The number of non-ortho nitro benzene ring substituents is 1. The van der Waals surface area contributed by atoms with Crippen molar-refractivity contribution >= 4 is 17.6 Å². The van der Waals surface area contributed by atoms with E-state index in [1.165, 1.54) is 12.1 Å². The summed E-state index contributed by atoms with van der Waals surface area (Å²) in [6.07, 6.45) is 0.988. The van der Waals surface area contributed by atoms with E-state index >= 15 is 0 Å². The molecule has 7 heteroatoms. The van der Waals surface area contributed by atoms with E-state index in [1.807, 2.05) is 0 Å². The lowest BCUT2D eigenvalue weighted by atomic mass is 10.1. The molecule has 0 aliphatic heterocycles. The molecule has 1 amide bonds. The summed E-state index contributed by atoms with van der Waals surface area (Å²) >= 11 is 0. The van der Waals surface area contributed by atoms with Crippen LogP contribution in [0.2, 0.25) is 0 Å². The summed E-state index contributed by atoms with van der Waals surface area (Å²) in [4.78, 5) is 32.3. The van der Waals surface area contributed by atoms with E-state index < -0.39 is 10.9 Å². The quantitative estimate of drug-likeness (QED) is 0.562. The van der Waals surface area contributed by atoms with Gasteiger partial charge in [-0.25, -0.2) is 0 Å². The average Bonchev–Trinajstić information content (AvgIpc) is 2.43. The molecule has 21 heavy (non-hydrogen) atoms. The van der Waals surface area contributed by atoms with Crippen molar-refractivity contribution in [3.63, 3.8) is 0 Å². The Labute approximate surface area is 122 Å². The third-order valence-electron chi connectivity index (χ3n) is 2.96. The first-order valence-electron chi connectivity index (χ1n) is 6.63. The van der Waals surface area contributed by atoms with Gasteiger partial charge in [-0.05, 0) is 25.3 Å². The van der Waals surface area contributed by atoms with E-state index in [4.69, 9.17) is 5.11 Å². The molecule has 0 aliphatic carbocycles. The number of carboxylic acid groups (broad SMARTS) is 1. The van der Waals surface area contributed by atoms with Gasteiger partial charge < -0.3 is 10.4 Å². The minimum absolute atomic E-state index is 0.00253. The summed E-state index contributed by atoms with van der Waals surface area (Å²) in [6, 6.07) is 5.95. The van der Waals surface area contributed by atoms with Crippen molar-refractivity contribution in [2.75, 3.05) is 0 Å². The number of nitrogens with zero attached hydrogens (tertiary/aromatic N) is 1. The second-order valence-electron chi connectivity index (χ2n) is 4.83. The number of hydrogen-bond acceptors (Lipinski definition) is 4. The molecule has 0 fully saturated rings. The maximum absolute atomic E-state index is 11.7. The zero-order valence-electron chi connectivity index (χ0n) is 11.7. The number of aryl methyl sites for hydroxylation is 1. The Balaban J connectivity index is 2.40. The molecule has 0 saturated heterocycles. The van der Waals surface area contributed by atoms with Crippen LogP contribution in [-0.4, -0.2) is 27.9 Å². The molecule has 0 aromatic heterocycles. The predicted molar refractivity (Wildman–Crippen MR) is 75.9 cm³/mol. The second-order valence-corrected chi connectivity index (χ2v) is 4.83. The Kier molecular flexibility index (Phi) is 6.32. The molecule has 7 nitrogen and oxygen atoms in total. The largest absolute Gasteiger partial charge is 0.481 e. The van der Waals surface area contributed by atoms with E-state index in [1.54, 1.807) is 19.1 Å². The van der Waals surface area contributed by atoms with Crippen molar-refractivity contribution in [3.8, 4) is 0 Å². The van der Waals surface area contributed by atoms with Crippen molar-refractivity contribution in [1.29, 1.82) is 0 Å². The third kappa shape index (κ3) is 6.51. The normalized spacial score (nSPS) is 11.7. The van der Waals surface area contributed by atoms with Crippen molar-refractivity contribution < 1.29 is 19.6 Å². The molecule has 0 bridgehead atoms. The van der Waals surface area contributed by atoms with E-state index in [-0.39, 0.29) is 30.5 Å². The zero-order valence-corrected chi connectivity index (χ0v) is 11.7. The minimum Gasteiger partial charge on any atom is -0.481 e. The number of carboxylic acids is 1. The lowest BCUT2D eigenvalue weighted by Crippen LogP contribution is -2.33. The van der Waals surface area contributed by atoms with E-state index in [0.29, 0.717) is 12.8 Å². The van der Waals surface area contributed by atoms with Gasteiger partial charge in [0, 0.05) is 31.0 Å². The third-order valence-corrected chi connectivity index (χ3v) is 2.96. The fourth-order valence-corrected chi connectivity index (χ4v) is 1.84. The second kappa shape index (κ2) is 7.98. The monoisotopic (exact) mass is 294 g/mol. The van der Waals surface area contributed by atoms with Crippen LogP contribution in [0.25, 0.3) is 0 Å². The van der Waals surface area contributed by atoms with Crippen LogP contribution in [0.5, 0.6) is 0 Å². The maximum Gasteiger partial charge on any atom is 0.303 e. The molecule has 0 saturated carbocycles. The number of nitro groups is 1. The fourth-order valence-electron chi connectivity index (χ4n) is 1.84. The van der Waals surface area contributed by atoms with Gasteiger partial charge in [0.2, 0.25) is 5.91 Å². The highest BCUT2D eigenvalue weighted by Crippen LogP contribution is 2.14. The standard InChI is InChI=1S/C14H18N2O5/c1-10(5-8-14(18)19)15-13(17)7-6-11-3-2-4-12(9-11)16(20)21/h2-4,9-10H,5-8H2,1H3,(H,15,17)(H,18,19). The highest BCUT2D eigenvalue weighted by molar-refractivity contribution is 5.76. The van der Waals surface area contributed by atoms with Gasteiger partial charge in [-0.3, -0.25) is 19.7 Å². The summed E-state index contributed by atoms with van der Waals surface area (Å²) in [7, 11) is 0. The molecule has 1 rings (SSSR count). The van der Waals surface area contributed by atoms with Crippen LogP contribution in [-0.2, 0) is 16.0 Å². The number of nitrogens with one attached hydrogen (secondary N) is 1. The van der Waals surface area contributed by atoms with E-state index in [9.17, 15) is 19.7 Å². The van der Waals surface area contributed by atoms with Crippen LogP contribution in [0.3, 0.4) is 0 Å². The lowest BCUT2D eigenvalue weighted by Gasteiger charge is -2.12. The summed E-state index contributed by atoms with van der Waals surface area (Å²) in [5, 5.41) is 21.9. The van der Waals surface area contributed by atoms with Crippen LogP contribution >= 0.6 is 0 Å². The fraction of sp³-hybridized carbons (Fsp3) is 0.429. The maximum atomic E-state index is 11.7. The molecular weight excluding hydrogens is 276 g/mol. The SMILES string of the molecule is CC(CCC(=O)O)NC(=O)CCc1cccc([N+](=O)[O-])c1. The number of carbonyl (C=O) groups excluding carboxylic acids is 1. The van der Waals surface area contributed by atoms with Gasteiger partial charge in [-0.1, -0.05) is 12.1 Å². The number of amides is 1. The van der Waals surface area contributed by atoms with Gasteiger partial charge in [-0.2, -0.15) is 0 Å². The number of carbonyl (C=O) groups is 2. The van der Waals surface area contributed by atoms with Gasteiger partial charge in [0.25, 0.3) is 5.69 Å². The number of rotatable bonds is 8. The van der Waals surface area contributed by atoms with Crippen LogP contribution in [0, 0.1) is 10.1 Å². The predicted octanol–water partition coefficient (Wildman–Crippen LogP) is 1.90. The number of aliphatic carboxylic acids is 1. The first-order valence-corrected chi connectivity index (χ1v) is 6.63. The van der Waals surface area contributed by atoms with Gasteiger partial charge in [0.05, 0.1) is 4.92 Å².